The first-order chi connectivity index (χ1) is 17.5. The predicted molar refractivity (Wildman–Crippen MR) is 136 cm³/mol. The molecule has 4 bridgehead atoms. The molecule has 1 aliphatic heterocycles. The Hall–Kier alpha value is -3.15. The number of ether oxygens (including phenoxy) is 1. The molecule has 1 saturated heterocycles. The summed E-state index contributed by atoms with van der Waals surface area (Å²) in [6.45, 7) is 0.449. The molecule has 2 aromatic rings. The van der Waals surface area contributed by atoms with Gasteiger partial charge in [0.2, 0.25) is 11.8 Å². The van der Waals surface area contributed by atoms with E-state index < -0.39 is 6.04 Å². The summed E-state index contributed by atoms with van der Waals surface area (Å²) in [5.74, 6) is 2.12. The van der Waals surface area contributed by atoms with E-state index in [0.29, 0.717) is 42.2 Å². The van der Waals surface area contributed by atoms with Crippen LogP contribution in [-0.4, -0.2) is 42.3 Å². The monoisotopic (exact) mass is 486 g/mol. The summed E-state index contributed by atoms with van der Waals surface area (Å²) in [5.41, 5.74) is 1.30. The average molecular weight is 487 g/mol. The third-order valence-corrected chi connectivity index (χ3v) is 9.07. The van der Waals surface area contributed by atoms with Crippen molar-refractivity contribution in [2.75, 3.05) is 18.6 Å². The Bertz CT molecular complexity index is 1120. The third-order valence-electron chi connectivity index (χ3n) is 9.07. The Labute approximate surface area is 212 Å². The SMILES string of the molecule is COc1ccc(N2C(=O)CC(N(CCc3ccccc3)C(=O)C34CC5CC(CC(C5)C3)C4)C2=O)cc1. The van der Waals surface area contributed by atoms with E-state index in [2.05, 4.69) is 12.1 Å². The summed E-state index contributed by atoms with van der Waals surface area (Å²) >= 11 is 0. The predicted octanol–water partition coefficient (Wildman–Crippen LogP) is 4.61. The molecule has 5 aliphatic rings. The third kappa shape index (κ3) is 4.00. The zero-order valence-corrected chi connectivity index (χ0v) is 20.9. The summed E-state index contributed by atoms with van der Waals surface area (Å²) in [4.78, 5) is 44.3. The van der Waals surface area contributed by atoms with Crippen LogP contribution in [0, 0.1) is 23.2 Å². The van der Waals surface area contributed by atoms with Crippen LogP contribution < -0.4 is 9.64 Å². The molecule has 4 aliphatic carbocycles. The first-order valence-corrected chi connectivity index (χ1v) is 13.3. The fourth-order valence-electron chi connectivity index (χ4n) is 7.83. The number of amides is 3. The molecule has 0 aromatic heterocycles. The van der Waals surface area contributed by atoms with Crippen molar-refractivity contribution in [2.45, 2.75) is 57.4 Å². The van der Waals surface area contributed by atoms with Crippen molar-refractivity contribution in [2.24, 2.45) is 23.2 Å². The molecule has 6 heteroatoms. The maximum atomic E-state index is 14.4. The van der Waals surface area contributed by atoms with Gasteiger partial charge in [-0.3, -0.25) is 14.4 Å². The van der Waals surface area contributed by atoms with Crippen LogP contribution in [0.1, 0.15) is 50.5 Å². The van der Waals surface area contributed by atoms with E-state index in [9.17, 15) is 14.4 Å². The van der Waals surface area contributed by atoms with Crippen LogP contribution in [0.2, 0.25) is 0 Å². The van der Waals surface area contributed by atoms with Gasteiger partial charge in [-0.15, -0.1) is 0 Å². The minimum Gasteiger partial charge on any atom is -0.497 e. The maximum absolute atomic E-state index is 14.4. The van der Waals surface area contributed by atoms with E-state index >= 15 is 0 Å². The normalized spacial score (nSPS) is 30.6. The summed E-state index contributed by atoms with van der Waals surface area (Å²) < 4.78 is 5.23. The van der Waals surface area contributed by atoms with Gasteiger partial charge in [0.15, 0.2) is 0 Å². The topological polar surface area (TPSA) is 66.9 Å². The van der Waals surface area contributed by atoms with E-state index in [-0.39, 0.29) is 29.6 Å². The van der Waals surface area contributed by atoms with Gasteiger partial charge in [0, 0.05) is 6.54 Å². The van der Waals surface area contributed by atoms with Gasteiger partial charge in [-0.1, -0.05) is 30.3 Å². The van der Waals surface area contributed by atoms with Crippen LogP contribution in [0.3, 0.4) is 0 Å². The molecule has 5 fully saturated rings. The smallest absolute Gasteiger partial charge is 0.257 e. The molecule has 0 radical (unpaired) electrons. The quantitative estimate of drug-likeness (QED) is 0.536. The lowest BCUT2D eigenvalue weighted by Gasteiger charge is -2.57. The van der Waals surface area contributed by atoms with E-state index in [1.165, 1.54) is 24.2 Å². The molecule has 0 N–H and O–H groups in total. The Kier molecular flexibility index (Phi) is 5.85. The lowest BCUT2D eigenvalue weighted by atomic mass is 9.49. The highest BCUT2D eigenvalue weighted by molar-refractivity contribution is 6.23. The molecule has 2 aromatic carbocycles. The molecule has 1 atom stereocenters. The summed E-state index contributed by atoms with van der Waals surface area (Å²) in [5, 5.41) is 0. The standard InChI is InChI=1S/C30H34N2O4/c1-36-25-9-7-24(8-10-25)32-27(33)16-26(28(32)34)31(12-11-20-5-3-2-4-6-20)29(35)30-17-21-13-22(18-30)15-23(14-21)19-30/h2-10,21-23,26H,11-19H2,1H3. The second kappa shape index (κ2) is 9.06. The minimum absolute atomic E-state index is 0.0394. The largest absolute Gasteiger partial charge is 0.497 e. The van der Waals surface area contributed by atoms with Crippen molar-refractivity contribution in [1.82, 2.24) is 4.90 Å². The van der Waals surface area contributed by atoms with Gasteiger partial charge in [-0.2, -0.15) is 0 Å². The molecule has 1 heterocycles. The zero-order chi connectivity index (χ0) is 24.9. The number of anilines is 1. The van der Waals surface area contributed by atoms with Crippen LogP contribution in [0.25, 0.3) is 0 Å². The van der Waals surface area contributed by atoms with Crippen molar-refractivity contribution in [3.8, 4) is 5.75 Å². The Morgan fingerprint density at radius 2 is 1.56 bits per heavy atom. The van der Waals surface area contributed by atoms with Crippen LogP contribution in [0.5, 0.6) is 5.75 Å². The Morgan fingerprint density at radius 1 is 0.944 bits per heavy atom. The molecule has 3 amide bonds. The van der Waals surface area contributed by atoms with Gasteiger partial charge in [-0.05, 0) is 92.5 Å². The van der Waals surface area contributed by atoms with E-state index in [1.807, 2.05) is 18.2 Å². The molecular weight excluding hydrogens is 452 g/mol. The number of carbonyl (C=O) groups is 3. The maximum Gasteiger partial charge on any atom is 0.257 e. The molecule has 0 spiro atoms. The molecule has 6 nitrogen and oxygen atoms in total. The number of hydrogen-bond acceptors (Lipinski definition) is 4. The van der Waals surface area contributed by atoms with E-state index in [1.54, 1.807) is 36.3 Å². The van der Waals surface area contributed by atoms with E-state index in [4.69, 9.17) is 4.74 Å². The Morgan fingerprint density at radius 3 is 2.14 bits per heavy atom. The number of nitrogens with zero attached hydrogens (tertiary/aromatic N) is 2. The fraction of sp³-hybridized carbons (Fsp3) is 0.500. The lowest BCUT2D eigenvalue weighted by molar-refractivity contribution is -0.161. The number of benzene rings is 2. The number of carbonyl (C=O) groups excluding carboxylic acids is 3. The molecule has 1 unspecified atom stereocenters. The number of imide groups is 1. The van der Waals surface area contributed by atoms with Gasteiger partial charge in [0.1, 0.15) is 11.8 Å². The highest BCUT2D eigenvalue weighted by Crippen LogP contribution is 2.60. The second-order valence-electron chi connectivity index (χ2n) is 11.4. The van der Waals surface area contributed by atoms with Crippen LogP contribution in [0.4, 0.5) is 5.69 Å². The summed E-state index contributed by atoms with van der Waals surface area (Å²) in [6.07, 6.45) is 7.29. The summed E-state index contributed by atoms with van der Waals surface area (Å²) in [6, 6.07) is 16.3. The van der Waals surface area contributed by atoms with Crippen molar-refractivity contribution in [1.29, 1.82) is 0 Å². The minimum atomic E-state index is -0.746. The lowest BCUT2D eigenvalue weighted by Crippen LogP contribution is -2.58. The number of rotatable bonds is 7. The first-order valence-electron chi connectivity index (χ1n) is 13.3. The number of hydrogen-bond donors (Lipinski definition) is 0. The van der Waals surface area contributed by atoms with Gasteiger partial charge in [0.05, 0.1) is 24.6 Å². The highest BCUT2D eigenvalue weighted by Gasteiger charge is 2.57. The van der Waals surface area contributed by atoms with Crippen molar-refractivity contribution < 1.29 is 19.1 Å². The highest BCUT2D eigenvalue weighted by atomic mass is 16.5. The molecule has 7 rings (SSSR count). The molecule has 4 saturated carbocycles. The summed E-state index contributed by atoms with van der Waals surface area (Å²) in [7, 11) is 1.58. The molecule has 188 valence electrons. The van der Waals surface area contributed by atoms with Gasteiger partial charge in [-0.25, -0.2) is 4.90 Å². The van der Waals surface area contributed by atoms with Gasteiger partial charge in [0.25, 0.3) is 5.91 Å². The van der Waals surface area contributed by atoms with Gasteiger partial charge >= 0.3 is 0 Å². The molecular formula is C30H34N2O4. The van der Waals surface area contributed by atoms with Crippen molar-refractivity contribution in [3.05, 3.63) is 60.2 Å². The van der Waals surface area contributed by atoms with E-state index in [0.717, 1.165) is 24.8 Å². The van der Waals surface area contributed by atoms with Crippen molar-refractivity contribution >= 4 is 23.4 Å². The zero-order valence-electron chi connectivity index (χ0n) is 20.9. The Balaban J connectivity index is 1.29. The van der Waals surface area contributed by atoms with Crippen molar-refractivity contribution in [3.63, 3.8) is 0 Å². The first kappa shape index (κ1) is 23.3. The van der Waals surface area contributed by atoms with Gasteiger partial charge < -0.3 is 9.64 Å². The molecule has 36 heavy (non-hydrogen) atoms. The average Bonchev–Trinajstić information content (AvgIpc) is 3.17. The van der Waals surface area contributed by atoms with Crippen LogP contribution >= 0.6 is 0 Å². The van der Waals surface area contributed by atoms with Crippen LogP contribution in [-0.2, 0) is 20.8 Å². The van der Waals surface area contributed by atoms with Crippen LogP contribution in [0.15, 0.2) is 54.6 Å². The second-order valence-corrected chi connectivity index (χ2v) is 11.4. The fourth-order valence-corrected chi connectivity index (χ4v) is 7.83. The number of methoxy groups -OCH3 is 1.